The third kappa shape index (κ3) is 4.52. The molecule has 1 aliphatic rings. The molecule has 1 aromatic carbocycles. The number of carbonyl (C=O) groups excluding carboxylic acids is 1. The molecular weight excluding hydrogens is 390 g/mol. The molecule has 0 unspecified atom stereocenters. The van der Waals surface area contributed by atoms with E-state index in [1.165, 1.54) is 0 Å². The second-order valence-electron chi connectivity index (χ2n) is 8.29. The summed E-state index contributed by atoms with van der Waals surface area (Å²) < 4.78 is 7.98. The van der Waals surface area contributed by atoms with Gasteiger partial charge in [-0.05, 0) is 64.2 Å². The number of rotatable bonds is 6. The van der Waals surface area contributed by atoms with Gasteiger partial charge in [-0.2, -0.15) is 5.10 Å². The maximum Gasteiger partial charge on any atom is 0.231 e. The number of aromatic nitrogens is 3. The zero-order valence-electron chi connectivity index (χ0n) is 18.5. The van der Waals surface area contributed by atoms with Crippen LogP contribution in [0.15, 0.2) is 48.7 Å². The monoisotopic (exact) mass is 419 g/mol. The fourth-order valence-corrected chi connectivity index (χ4v) is 4.25. The van der Waals surface area contributed by atoms with Gasteiger partial charge in [0.2, 0.25) is 5.91 Å². The summed E-state index contributed by atoms with van der Waals surface area (Å²) in [7, 11) is 4.03. The quantitative estimate of drug-likeness (QED) is 0.660. The van der Waals surface area contributed by atoms with Gasteiger partial charge in [-0.25, -0.2) is 9.67 Å². The molecule has 0 saturated carbocycles. The average Bonchev–Trinajstić information content (AvgIpc) is 3.32. The Bertz CT molecular complexity index is 1060. The van der Waals surface area contributed by atoms with Crippen LogP contribution in [-0.2, 0) is 16.1 Å². The van der Waals surface area contributed by atoms with Crippen molar-refractivity contribution in [1.29, 1.82) is 0 Å². The molecule has 0 radical (unpaired) electrons. The molecule has 2 aromatic heterocycles. The molecule has 0 spiro atoms. The number of para-hydroxylation sites is 1. The molecular formula is C24H29N5O2. The maximum atomic E-state index is 13.2. The fraction of sp³-hybridized carbons (Fsp3) is 0.375. The number of aryl methyl sites for hydroxylation is 1. The molecule has 1 aliphatic heterocycles. The lowest BCUT2D eigenvalue weighted by atomic mass is 9.93. The van der Waals surface area contributed by atoms with Gasteiger partial charge in [0.1, 0.15) is 5.82 Å². The molecule has 3 aromatic rings. The molecule has 1 fully saturated rings. The first-order valence-electron chi connectivity index (χ1n) is 10.6. The van der Waals surface area contributed by atoms with E-state index < -0.39 is 0 Å². The Morgan fingerprint density at radius 1 is 1.23 bits per heavy atom. The Kier molecular flexibility index (Phi) is 6.15. The van der Waals surface area contributed by atoms with Crippen LogP contribution in [0.5, 0.6) is 0 Å². The number of anilines is 1. The highest BCUT2D eigenvalue weighted by molar-refractivity contribution is 5.92. The largest absolute Gasteiger partial charge is 0.373 e. The van der Waals surface area contributed by atoms with E-state index in [2.05, 4.69) is 15.2 Å². The highest BCUT2D eigenvalue weighted by atomic mass is 16.5. The maximum absolute atomic E-state index is 13.2. The normalized spacial score (nSPS) is 18.5. The van der Waals surface area contributed by atoms with Crippen molar-refractivity contribution in [3.8, 4) is 5.69 Å². The van der Waals surface area contributed by atoms with Crippen molar-refractivity contribution in [1.82, 2.24) is 19.7 Å². The molecule has 1 saturated heterocycles. The van der Waals surface area contributed by atoms with Gasteiger partial charge in [-0.1, -0.05) is 18.2 Å². The number of benzene rings is 1. The van der Waals surface area contributed by atoms with E-state index in [4.69, 9.17) is 9.84 Å². The van der Waals surface area contributed by atoms with Gasteiger partial charge >= 0.3 is 0 Å². The van der Waals surface area contributed by atoms with E-state index >= 15 is 0 Å². The lowest BCUT2D eigenvalue weighted by Crippen LogP contribution is -2.26. The van der Waals surface area contributed by atoms with Crippen LogP contribution in [0.25, 0.3) is 5.69 Å². The van der Waals surface area contributed by atoms with Gasteiger partial charge in [-0.3, -0.25) is 4.79 Å². The van der Waals surface area contributed by atoms with Crippen molar-refractivity contribution >= 4 is 11.7 Å². The number of pyridine rings is 1. The molecule has 162 valence electrons. The summed E-state index contributed by atoms with van der Waals surface area (Å²) in [5.74, 6) is 0.219. The van der Waals surface area contributed by atoms with Crippen LogP contribution < -0.4 is 5.32 Å². The van der Waals surface area contributed by atoms with Crippen molar-refractivity contribution in [2.45, 2.75) is 32.9 Å². The summed E-state index contributed by atoms with van der Waals surface area (Å²) in [5.41, 5.74) is 4.98. The van der Waals surface area contributed by atoms with Crippen molar-refractivity contribution < 1.29 is 9.53 Å². The lowest BCUT2D eigenvalue weighted by Gasteiger charge is -2.19. The number of nitrogens with zero attached hydrogens (tertiary/aromatic N) is 4. The molecule has 3 heterocycles. The topological polar surface area (TPSA) is 72.3 Å². The number of amides is 1. The number of hydrogen-bond donors (Lipinski definition) is 1. The summed E-state index contributed by atoms with van der Waals surface area (Å²) >= 11 is 0. The molecule has 0 bridgehead atoms. The summed E-state index contributed by atoms with van der Waals surface area (Å²) in [6.45, 7) is 5.35. The van der Waals surface area contributed by atoms with Crippen LogP contribution in [0.1, 0.15) is 35.0 Å². The predicted octanol–water partition coefficient (Wildman–Crippen LogP) is 3.66. The molecule has 1 amide bonds. The summed E-state index contributed by atoms with van der Waals surface area (Å²) in [4.78, 5) is 19.6. The number of ether oxygens (including phenoxy) is 1. The van der Waals surface area contributed by atoms with Crippen molar-refractivity contribution in [3.05, 3.63) is 71.2 Å². The van der Waals surface area contributed by atoms with Gasteiger partial charge in [-0.15, -0.1) is 0 Å². The number of carbonyl (C=O) groups is 1. The summed E-state index contributed by atoms with van der Waals surface area (Å²) in [5, 5.41) is 7.73. The Hall–Kier alpha value is -3.03. The van der Waals surface area contributed by atoms with Crippen LogP contribution >= 0.6 is 0 Å². The van der Waals surface area contributed by atoms with E-state index in [1.54, 1.807) is 6.20 Å². The second kappa shape index (κ2) is 8.99. The first-order valence-corrected chi connectivity index (χ1v) is 10.6. The molecule has 7 heteroatoms. The van der Waals surface area contributed by atoms with Crippen LogP contribution in [0.4, 0.5) is 5.82 Å². The Morgan fingerprint density at radius 3 is 2.74 bits per heavy atom. The minimum atomic E-state index is -0.317. The summed E-state index contributed by atoms with van der Waals surface area (Å²) in [6.07, 6.45) is 2.08. The highest BCUT2D eigenvalue weighted by Crippen LogP contribution is 2.38. The van der Waals surface area contributed by atoms with Crippen LogP contribution in [0, 0.1) is 19.8 Å². The van der Waals surface area contributed by atoms with Crippen molar-refractivity contribution in [2.75, 3.05) is 26.0 Å². The van der Waals surface area contributed by atoms with Crippen molar-refractivity contribution in [3.63, 3.8) is 0 Å². The number of hydrogen-bond acceptors (Lipinski definition) is 5. The highest BCUT2D eigenvalue weighted by Gasteiger charge is 2.38. The SMILES string of the molecule is Cc1nn(-c2ccccc2)c(C)c1[C@H]1OCC[C@@H]1C(=O)Nc1cc(CN(C)C)ccn1. The molecule has 0 aliphatic carbocycles. The lowest BCUT2D eigenvalue weighted by molar-refractivity contribution is -0.121. The molecule has 2 atom stereocenters. The van der Waals surface area contributed by atoms with Gasteiger partial charge in [0.15, 0.2) is 0 Å². The van der Waals surface area contributed by atoms with Crippen LogP contribution in [-0.4, -0.2) is 46.3 Å². The predicted molar refractivity (Wildman–Crippen MR) is 120 cm³/mol. The minimum Gasteiger partial charge on any atom is -0.373 e. The van der Waals surface area contributed by atoms with Crippen LogP contribution in [0.3, 0.4) is 0 Å². The van der Waals surface area contributed by atoms with Gasteiger partial charge in [0.05, 0.1) is 23.4 Å². The van der Waals surface area contributed by atoms with Crippen LogP contribution in [0.2, 0.25) is 0 Å². The van der Waals surface area contributed by atoms with E-state index in [0.29, 0.717) is 18.8 Å². The summed E-state index contributed by atoms with van der Waals surface area (Å²) in [6, 6.07) is 13.9. The average molecular weight is 420 g/mol. The molecule has 4 rings (SSSR count). The van der Waals surface area contributed by atoms with E-state index in [9.17, 15) is 4.79 Å². The van der Waals surface area contributed by atoms with E-state index in [1.807, 2.05) is 75.1 Å². The Balaban J connectivity index is 1.56. The zero-order valence-corrected chi connectivity index (χ0v) is 18.5. The third-order valence-electron chi connectivity index (χ3n) is 5.64. The zero-order chi connectivity index (χ0) is 22.0. The second-order valence-corrected chi connectivity index (χ2v) is 8.29. The van der Waals surface area contributed by atoms with Crippen molar-refractivity contribution in [2.24, 2.45) is 5.92 Å². The third-order valence-corrected chi connectivity index (χ3v) is 5.64. The minimum absolute atomic E-state index is 0.0664. The Morgan fingerprint density at radius 2 is 2.00 bits per heavy atom. The Labute approximate surface area is 183 Å². The van der Waals surface area contributed by atoms with Gasteiger partial charge < -0.3 is 15.0 Å². The first kappa shape index (κ1) is 21.2. The molecule has 7 nitrogen and oxygen atoms in total. The van der Waals surface area contributed by atoms with E-state index in [0.717, 1.165) is 34.7 Å². The number of nitrogens with one attached hydrogen (secondary N) is 1. The van der Waals surface area contributed by atoms with E-state index in [-0.39, 0.29) is 17.9 Å². The molecule has 1 N–H and O–H groups in total. The molecule has 31 heavy (non-hydrogen) atoms. The first-order chi connectivity index (χ1) is 14.9. The fourth-order valence-electron chi connectivity index (χ4n) is 4.25. The smallest absolute Gasteiger partial charge is 0.231 e. The standard InChI is InChI=1S/C24H29N5O2/c1-16-22(17(2)29(27-16)19-8-6-5-7-9-19)23-20(11-13-31-23)24(30)26-21-14-18(10-12-25-21)15-28(3)4/h5-10,12,14,20,23H,11,13,15H2,1-4H3,(H,25,26,30)/t20-,23-/m0/s1. The van der Waals surface area contributed by atoms with Gasteiger partial charge in [0, 0.05) is 30.6 Å². The van der Waals surface area contributed by atoms with Gasteiger partial charge in [0.25, 0.3) is 0 Å².